The van der Waals surface area contributed by atoms with E-state index in [2.05, 4.69) is 0 Å². The summed E-state index contributed by atoms with van der Waals surface area (Å²) in [4.78, 5) is 14.7. The van der Waals surface area contributed by atoms with Gasteiger partial charge in [-0.15, -0.1) is 0 Å². The molecule has 1 aliphatic carbocycles. The minimum atomic E-state index is -2.87. The van der Waals surface area contributed by atoms with Crippen LogP contribution >= 0.6 is 0 Å². The number of carbonyl (C=O) groups is 1. The number of rotatable bonds is 6. The van der Waals surface area contributed by atoms with E-state index in [9.17, 15) is 18.7 Å². The lowest BCUT2D eigenvalue weighted by Crippen LogP contribution is -2.45. The summed E-state index contributed by atoms with van der Waals surface area (Å²) in [5.41, 5.74) is -1.78. The van der Waals surface area contributed by atoms with Gasteiger partial charge >= 0.3 is 5.97 Å². The van der Waals surface area contributed by atoms with Crippen LogP contribution in [0.4, 0.5) is 8.78 Å². The minimum absolute atomic E-state index is 0.0642. The number of ether oxygens (including phenoxy) is 1. The van der Waals surface area contributed by atoms with Gasteiger partial charge in [0, 0.05) is 37.8 Å². The number of benzene rings is 1. The van der Waals surface area contributed by atoms with Crippen molar-refractivity contribution in [2.24, 2.45) is 11.8 Å². The fraction of sp³-hybridized carbons (Fsp3) is 0.600. The molecule has 0 unspecified atom stereocenters. The largest absolute Gasteiger partial charge is 0.463 e. The molecule has 0 amide bonds. The maximum absolute atomic E-state index is 13.8. The molecule has 0 bridgehead atoms. The van der Waals surface area contributed by atoms with E-state index in [1.165, 1.54) is 6.34 Å². The number of halogens is 2. The van der Waals surface area contributed by atoms with Crippen molar-refractivity contribution < 1.29 is 23.4 Å². The zero-order valence-electron chi connectivity index (χ0n) is 15.2. The highest BCUT2D eigenvalue weighted by Gasteiger charge is 2.54. The predicted octanol–water partition coefficient (Wildman–Crippen LogP) is 3.17. The Hall–Kier alpha value is -2.02. The van der Waals surface area contributed by atoms with E-state index in [0.717, 1.165) is 19.4 Å². The maximum Gasteiger partial charge on any atom is 0.343 e. The third kappa shape index (κ3) is 4.29. The van der Waals surface area contributed by atoms with Gasteiger partial charge in [-0.05, 0) is 24.8 Å². The molecule has 1 aromatic rings. The number of hydrogen-bond acceptors (Lipinski definition) is 4. The first-order valence-corrected chi connectivity index (χ1v) is 9.43. The van der Waals surface area contributed by atoms with E-state index < -0.39 is 29.8 Å². The lowest BCUT2D eigenvalue weighted by atomic mass is 9.80. The minimum Gasteiger partial charge on any atom is -0.463 e. The molecule has 0 spiro atoms. The average molecular weight is 380 g/mol. The number of carbonyl (C=O) groups excluding carboxylic acids is 1. The summed E-state index contributed by atoms with van der Waals surface area (Å²) in [5.74, 6) is -4.55. The van der Waals surface area contributed by atoms with Gasteiger partial charge in [-0.3, -0.25) is 5.41 Å². The van der Waals surface area contributed by atoms with Crippen LogP contribution in [0, 0.1) is 17.2 Å². The van der Waals surface area contributed by atoms with Gasteiger partial charge in [-0.1, -0.05) is 30.3 Å². The van der Waals surface area contributed by atoms with Crippen LogP contribution in [-0.2, 0) is 15.1 Å². The Kier molecular flexibility index (Phi) is 5.79. The molecule has 1 saturated heterocycles. The number of nitrogens with zero attached hydrogens (tertiary/aromatic N) is 1. The van der Waals surface area contributed by atoms with Crippen LogP contribution in [0.2, 0.25) is 0 Å². The van der Waals surface area contributed by atoms with Crippen LogP contribution in [0.5, 0.6) is 0 Å². The second kappa shape index (κ2) is 7.92. The highest BCUT2D eigenvalue weighted by molar-refractivity contribution is 5.81. The molecule has 2 aliphatic rings. The number of likely N-dealkylation sites (tertiary alicyclic amines) is 1. The van der Waals surface area contributed by atoms with Crippen molar-refractivity contribution in [2.75, 3.05) is 19.7 Å². The standard InChI is InChI=1S/C20H26F2N2O3/c21-19(22)9-8-17(11-19)20(26,16-6-2-1-3-7-16)18(25)27-13-15-5-4-10-24(12-15)14-23/h1-3,6-7,14-15,17,23,26H,4-5,8-13H2/t15-,17-,20+/m1/s1. The third-order valence-electron chi connectivity index (χ3n) is 5.70. The number of nitrogens with one attached hydrogen (secondary N) is 1. The Balaban J connectivity index is 1.74. The van der Waals surface area contributed by atoms with Gasteiger partial charge < -0.3 is 14.7 Å². The van der Waals surface area contributed by atoms with Crippen LogP contribution in [-0.4, -0.2) is 47.9 Å². The van der Waals surface area contributed by atoms with Crippen molar-refractivity contribution in [1.82, 2.24) is 4.90 Å². The SMILES string of the molecule is N=CN1CCC[C@@H](COC(=O)[C@](O)(c2ccccc2)[C@@H]2CCC(F)(F)C2)C1. The fourth-order valence-corrected chi connectivity index (χ4v) is 4.17. The third-order valence-corrected chi connectivity index (χ3v) is 5.70. The Morgan fingerprint density at radius 1 is 1.37 bits per heavy atom. The zero-order valence-corrected chi connectivity index (χ0v) is 15.2. The summed E-state index contributed by atoms with van der Waals surface area (Å²) in [6, 6.07) is 8.24. The Morgan fingerprint density at radius 3 is 2.74 bits per heavy atom. The number of aliphatic hydroxyl groups is 1. The van der Waals surface area contributed by atoms with E-state index in [1.807, 2.05) is 4.90 Å². The average Bonchev–Trinajstić information content (AvgIpc) is 3.06. The van der Waals surface area contributed by atoms with Crippen molar-refractivity contribution in [3.05, 3.63) is 35.9 Å². The summed E-state index contributed by atoms with van der Waals surface area (Å²) < 4.78 is 33.0. The molecule has 1 aliphatic heterocycles. The topological polar surface area (TPSA) is 73.6 Å². The molecule has 0 radical (unpaired) electrons. The lowest BCUT2D eigenvalue weighted by Gasteiger charge is -2.34. The van der Waals surface area contributed by atoms with Crippen LogP contribution in [0.3, 0.4) is 0 Å². The summed E-state index contributed by atoms with van der Waals surface area (Å²) in [6.07, 6.45) is 2.24. The zero-order chi connectivity index (χ0) is 19.5. The smallest absolute Gasteiger partial charge is 0.343 e. The van der Waals surface area contributed by atoms with Gasteiger partial charge in [0.2, 0.25) is 5.92 Å². The Bertz CT molecular complexity index is 670. The molecule has 27 heavy (non-hydrogen) atoms. The summed E-state index contributed by atoms with van der Waals surface area (Å²) >= 11 is 0. The molecular weight excluding hydrogens is 354 g/mol. The van der Waals surface area contributed by atoms with Gasteiger partial charge in [0.25, 0.3) is 0 Å². The first kappa shape index (κ1) is 19.7. The van der Waals surface area contributed by atoms with Crippen molar-refractivity contribution in [3.8, 4) is 0 Å². The van der Waals surface area contributed by atoms with Gasteiger partial charge in [0.05, 0.1) is 12.9 Å². The van der Waals surface area contributed by atoms with Gasteiger partial charge in [0.15, 0.2) is 5.60 Å². The number of hydrogen-bond donors (Lipinski definition) is 2. The van der Waals surface area contributed by atoms with Crippen molar-refractivity contribution in [3.63, 3.8) is 0 Å². The predicted molar refractivity (Wildman–Crippen MR) is 96.7 cm³/mol. The number of esters is 1. The normalized spacial score (nSPS) is 27.0. The molecule has 1 saturated carbocycles. The summed E-state index contributed by atoms with van der Waals surface area (Å²) in [7, 11) is 0. The Morgan fingerprint density at radius 2 is 2.11 bits per heavy atom. The molecule has 1 heterocycles. The summed E-state index contributed by atoms with van der Waals surface area (Å²) in [5, 5.41) is 18.6. The molecule has 7 heteroatoms. The second-order valence-corrected chi connectivity index (χ2v) is 7.66. The monoisotopic (exact) mass is 380 g/mol. The van der Waals surface area contributed by atoms with Gasteiger partial charge in [-0.25, -0.2) is 13.6 Å². The Labute approximate surface area is 157 Å². The molecule has 5 nitrogen and oxygen atoms in total. The van der Waals surface area contributed by atoms with Crippen LogP contribution in [0.15, 0.2) is 30.3 Å². The molecule has 3 atom stereocenters. The molecule has 1 aromatic carbocycles. The van der Waals surface area contributed by atoms with Crippen LogP contribution in [0.25, 0.3) is 0 Å². The van der Waals surface area contributed by atoms with Gasteiger partial charge in [-0.2, -0.15) is 0 Å². The molecule has 2 N–H and O–H groups in total. The highest BCUT2D eigenvalue weighted by Crippen LogP contribution is 2.48. The second-order valence-electron chi connectivity index (χ2n) is 7.66. The van der Waals surface area contributed by atoms with E-state index in [1.54, 1.807) is 30.3 Å². The maximum atomic E-state index is 13.8. The fourth-order valence-electron chi connectivity index (χ4n) is 4.17. The summed E-state index contributed by atoms with van der Waals surface area (Å²) in [6.45, 7) is 1.53. The van der Waals surface area contributed by atoms with E-state index >= 15 is 0 Å². The molecule has 148 valence electrons. The van der Waals surface area contributed by atoms with E-state index in [0.29, 0.717) is 12.1 Å². The molecule has 3 rings (SSSR count). The van der Waals surface area contributed by atoms with Crippen molar-refractivity contribution in [1.29, 1.82) is 5.41 Å². The number of alkyl halides is 2. The molecule has 2 fully saturated rings. The first-order chi connectivity index (χ1) is 12.8. The molecular formula is C20H26F2N2O3. The quantitative estimate of drug-likeness (QED) is 0.452. The van der Waals surface area contributed by atoms with Crippen molar-refractivity contribution in [2.45, 2.75) is 43.6 Å². The number of piperidine rings is 1. The van der Waals surface area contributed by atoms with E-state index in [-0.39, 0.29) is 25.4 Å². The van der Waals surface area contributed by atoms with E-state index in [4.69, 9.17) is 10.1 Å². The van der Waals surface area contributed by atoms with Crippen LogP contribution in [0.1, 0.15) is 37.7 Å². The molecule has 0 aromatic heterocycles. The first-order valence-electron chi connectivity index (χ1n) is 9.43. The van der Waals surface area contributed by atoms with Gasteiger partial charge in [0.1, 0.15) is 0 Å². The van der Waals surface area contributed by atoms with Crippen molar-refractivity contribution >= 4 is 12.3 Å². The highest BCUT2D eigenvalue weighted by atomic mass is 19.3. The lowest BCUT2D eigenvalue weighted by molar-refractivity contribution is -0.176. The van der Waals surface area contributed by atoms with Crippen LogP contribution < -0.4 is 0 Å².